The standard InChI is InChI=1S/C5H8FNO3/c6-3-1-10-2-5(3,7)4(8)9/h3H,1-2,7H2,(H,8,9)/t3?,5-/m1/s1. The summed E-state index contributed by atoms with van der Waals surface area (Å²) >= 11 is 0. The minimum Gasteiger partial charge on any atom is -0.480 e. The maximum absolute atomic E-state index is 12.6. The van der Waals surface area contributed by atoms with E-state index in [2.05, 4.69) is 4.74 Å². The average Bonchev–Trinajstić information content (AvgIpc) is 2.15. The molecule has 3 N–H and O–H groups in total. The summed E-state index contributed by atoms with van der Waals surface area (Å²) in [6.45, 7) is -0.466. The Hall–Kier alpha value is -0.680. The molecule has 1 fully saturated rings. The van der Waals surface area contributed by atoms with Gasteiger partial charge in [-0.25, -0.2) is 4.39 Å². The van der Waals surface area contributed by atoms with Crippen molar-refractivity contribution in [3.05, 3.63) is 0 Å². The largest absolute Gasteiger partial charge is 0.480 e. The third-order valence-electron chi connectivity index (χ3n) is 1.56. The first-order valence-electron chi connectivity index (χ1n) is 2.81. The van der Waals surface area contributed by atoms with Crippen molar-refractivity contribution >= 4 is 5.97 Å². The third-order valence-corrected chi connectivity index (χ3v) is 1.56. The summed E-state index contributed by atoms with van der Waals surface area (Å²) < 4.78 is 17.1. The SMILES string of the molecule is N[C@]1(C(=O)O)COCC1F. The van der Waals surface area contributed by atoms with Crippen molar-refractivity contribution in [3.63, 3.8) is 0 Å². The predicted molar refractivity (Wildman–Crippen MR) is 30.3 cm³/mol. The van der Waals surface area contributed by atoms with Gasteiger partial charge in [0.2, 0.25) is 0 Å². The molecule has 2 atom stereocenters. The molecule has 4 nitrogen and oxygen atoms in total. The van der Waals surface area contributed by atoms with Crippen LogP contribution < -0.4 is 5.73 Å². The van der Waals surface area contributed by atoms with Gasteiger partial charge in [-0.3, -0.25) is 4.79 Å². The number of aliphatic carboxylic acids is 1. The molecule has 10 heavy (non-hydrogen) atoms. The molecule has 0 bridgehead atoms. The predicted octanol–water partition coefficient (Wildman–Crippen LogP) is -0.863. The molecule has 1 rings (SSSR count). The summed E-state index contributed by atoms with van der Waals surface area (Å²) in [6.07, 6.45) is -1.59. The Balaban J connectivity index is 2.75. The van der Waals surface area contributed by atoms with Gasteiger partial charge in [-0.1, -0.05) is 0 Å². The molecule has 0 aliphatic carbocycles. The molecule has 5 heteroatoms. The lowest BCUT2D eigenvalue weighted by Gasteiger charge is -2.17. The number of hydrogen-bond acceptors (Lipinski definition) is 3. The molecule has 0 radical (unpaired) electrons. The van der Waals surface area contributed by atoms with Gasteiger partial charge in [0.25, 0.3) is 0 Å². The normalized spacial score (nSPS) is 40.0. The minimum absolute atomic E-state index is 0.219. The van der Waals surface area contributed by atoms with E-state index < -0.39 is 17.7 Å². The lowest BCUT2D eigenvalue weighted by atomic mass is 9.99. The van der Waals surface area contributed by atoms with E-state index in [4.69, 9.17) is 10.8 Å². The smallest absolute Gasteiger partial charge is 0.329 e. The van der Waals surface area contributed by atoms with Gasteiger partial charge in [0.15, 0.2) is 11.7 Å². The van der Waals surface area contributed by atoms with Gasteiger partial charge in [0, 0.05) is 0 Å². The van der Waals surface area contributed by atoms with E-state index in [1.54, 1.807) is 0 Å². The molecule has 0 aromatic carbocycles. The summed E-state index contributed by atoms with van der Waals surface area (Å²) in [6, 6.07) is 0. The van der Waals surface area contributed by atoms with Crippen molar-refractivity contribution in [3.8, 4) is 0 Å². The first-order valence-corrected chi connectivity index (χ1v) is 2.81. The van der Waals surface area contributed by atoms with Crippen LogP contribution >= 0.6 is 0 Å². The van der Waals surface area contributed by atoms with Crippen LogP contribution in [0, 0.1) is 0 Å². The molecule has 1 aliphatic rings. The second-order valence-corrected chi connectivity index (χ2v) is 2.33. The molecule has 0 spiro atoms. The van der Waals surface area contributed by atoms with Crippen LogP contribution in [0.15, 0.2) is 0 Å². The number of rotatable bonds is 1. The second kappa shape index (κ2) is 2.17. The third kappa shape index (κ3) is 0.871. The number of carboxylic acids is 1. The number of halogens is 1. The maximum atomic E-state index is 12.6. The highest BCUT2D eigenvalue weighted by molar-refractivity contribution is 5.80. The van der Waals surface area contributed by atoms with Gasteiger partial charge in [-0.15, -0.1) is 0 Å². The van der Waals surface area contributed by atoms with Crippen LogP contribution in [0.3, 0.4) is 0 Å². The molecule has 0 saturated carbocycles. The minimum atomic E-state index is -1.82. The maximum Gasteiger partial charge on any atom is 0.329 e. The Morgan fingerprint density at radius 1 is 1.90 bits per heavy atom. The molecule has 1 saturated heterocycles. The summed E-state index contributed by atoms with van der Waals surface area (Å²) in [5.74, 6) is -1.35. The lowest BCUT2D eigenvalue weighted by Crippen LogP contribution is -2.55. The molecule has 58 valence electrons. The number of nitrogens with two attached hydrogens (primary N) is 1. The highest BCUT2D eigenvalue weighted by atomic mass is 19.1. The van der Waals surface area contributed by atoms with Crippen molar-refractivity contribution in [1.29, 1.82) is 0 Å². The van der Waals surface area contributed by atoms with E-state index >= 15 is 0 Å². The fraction of sp³-hybridized carbons (Fsp3) is 0.800. The van der Waals surface area contributed by atoms with E-state index in [0.717, 1.165) is 0 Å². The van der Waals surface area contributed by atoms with Crippen molar-refractivity contribution in [1.82, 2.24) is 0 Å². The van der Waals surface area contributed by atoms with Crippen LogP contribution in [0.25, 0.3) is 0 Å². The zero-order valence-corrected chi connectivity index (χ0v) is 5.21. The summed E-state index contributed by atoms with van der Waals surface area (Å²) in [7, 11) is 0. The fourth-order valence-corrected chi connectivity index (χ4v) is 0.766. The van der Waals surface area contributed by atoms with Gasteiger partial charge in [-0.05, 0) is 0 Å². The zero-order chi connectivity index (χ0) is 7.78. The number of ether oxygens (including phenoxy) is 1. The van der Waals surface area contributed by atoms with E-state index in [1.165, 1.54) is 0 Å². The number of carboxylic acid groups (broad SMARTS) is 1. The summed E-state index contributed by atoms with van der Waals surface area (Å²) in [4.78, 5) is 10.3. The van der Waals surface area contributed by atoms with Gasteiger partial charge < -0.3 is 15.6 Å². The van der Waals surface area contributed by atoms with Gasteiger partial charge in [0.1, 0.15) is 0 Å². The van der Waals surface area contributed by atoms with Crippen LogP contribution in [0.5, 0.6) is 0 Å². The second-order valence-electron chi connectivity index (χ2n) is 2.33. The van der Waals surface area contributed by atoms with E-state index in [1.807, 2.05) is 0 Å². The molecule has 1 aliphatic heterocycles. The van der Waals surface area contributed by atoms with Crippen molar-refractivity contribution in [2.75, 3.05) is 13.2 Å². The fourth-order valence-electron chi connectivity index (χ4n) is 0.766. The van der Waals surface area contributed by atoms with Crippen molar-refractivity contribution in [2.24, 2.45) is 5.73 Å². The van der Waals surface area contributed by atoms with Crippen molar-refractivity contribution in [2.45, 2.75) is 11.7 Å². The molecule has 0 aromatic rings. The Morgan fingerprint density at radius 2 is 2.50 bits per heavy atom. The van der Waals surface area contributed by atoms with Crippen LogP contribution in [0.2, 0.25) is 0 Å². The molecule has 0 aromatic heterocycles. The van der Waals surface area contributed by atoms with E-state index in [9.17, 15) is 9.18 Å². The molecular formula is C5H8FNO3. The highest BCUT2D eigenvalue weighted by Gasteiger charge is 2.48. The topological polar surface area (TPSA) is 72.6 Å². The van der Waals surface area contributed by atoms with Gasteiger partial charge in [0.05, 0.1) is 13.2 Å². The highest BCUT2D eigenvalue weighted by Crippen LogP contribution is 2.19. The van der Waals surface area contributed by atoms with Gasteiger partial charge in [-0.2, -0.15) is 0 Å². The number of hydrogen-bond donors (Lipinski definition) is 2. The summed E-state index contributed by atoms with van der Waals surface area (Å²) in [5, 5.41) is 8.40. The Morgan fingerprint density at radius 3 is 2.70 bits per heavy atom. The van der Waals surface area contributed by atoms with Crippen LogP contribution in [0.4, 0.5) is 4.39 Å². The number of carbonyl (C=O) groups is 1. The Kier molecular flexibility index (Phi) is 1.61. The molecule has 0 amide bonds. The van der Waals surface area contributed by atoms with Crippen LogP contribution in [-0.4, -0.2) is 36.0 Å². The lowest BCUT2D eigenvalue weighted by molar-refractivity contribution is -0.144. The Labute approximate surface area is 56.8 Å². The first-order chi connectivity index (χ1) is 4.57. The molecular weight excluding hydrogens is 141 g/mol. The monoisotopic (exact) mass is 149 g/mol. The van der Waals surface area contributed by atoms with E-state index in [-0.39, 0.29) is 13.2 Å². The summed E-state index contributed by atoms with van der Waals surface area (Å²) in [5.41, 5.74) is 3.33. The molecule has 1 unspecified atom stereocenters. The average molecular weight is 149 g/mol. The van der Waals surface area contributed by atoms with Gasteiger partial charge >= 0.3 is 5.97 Å². The van der Waals surface area contributed by atoms with Crippen LogP contribution in [-0.2, 0) is 9.53 Å². The van der Waals surface area contributed by atoms with Crippen LogP contribution in [0.1, 0.15) is 0 Å². The first kappa shape index (κ1) is 7.43. The van der Waals surface area contributed by atoms with Crippen molar-refractivity contribution < 1.29 is 19.0 Å². The number of alkyl halides is 1. The van der Waals surface area contributed by atoms with E-state index in [0.29, 0.717) is 0 Å². The quantitative estimate of drug-likeness (QED) is 0.508. The zero-order valence-electron chi connectivity index (χ0n) is 5.21. The molecule has 1 heterocycles. The Bertz CT molecular complexity index is 163.